The summed E-state index contributed by atoms with van der Waals surface area (Å²) in [5, 5.41) is 3.28. The second-order valence-electron chi connectivity index (χ2n) is 5.55. The predicted molar refractivity (Wildman–Crippen MR) is 78.5 cm³/mol. The van der Waals surface area contributed by atoms with Gasteiger partial charge in [0.05, 0.1) is 4.90 Å². The van der Waals surface area contributed by atoms with Crippen molar-refractivity contribution in [3.05, 3.63) is 29.8 Å². The number of rotatable bonds is 6. The van der Waals surface area contributed by atoms with Crippen LogP contribution in [0.4, 0.5) is 8.78 Å². The van der Waals surface area contributed by atoms with Gasteiger partial charge in [-0.05, 0) is 43.0 Å². The zero-order valence-electron chi connectivity index (χ0n) is 12.2. The van der Waals surface area contributed by atoms with Gasteiger partial charge in [0.1, 0.15) is 5.75 Å². The van der Waals surface area contributed by atoms with E-state index in [2.05, 4.69) is 12.2 Å². The van der Waals surface area contributed by atoms with Gasteiger partial charge in [-0.1, -0.05) is 25.5 Å². The Labute approximate surface area is 124 Å². The summed E-state index contributed by atoms with van der Waals surface area (Å²) < 4.78 is 48.0. The van der Waals surface area contributed by atoms with Crippen LogP contribution in [0.1, 0.15) is 31.2 Å². The van der Waals surface area contributed by atoms with Crippen LogP contribution >= 0.6 is 0 Å². The summed E-state index contributed by atoms with van der Waals surface area (Å²) in [7, 11) is -1.94. The second kappa shape index (κ2) is 6.40. The molecule has 2 rings (SSSR count). The maximum Gasteiger partial charge on any atom is 0.252 e. The van der Waals surface area contributed by atoms with Crippen molar-refractivity contribution < 1.29 is 17.2 Å². The Hall–Kier alpha value is -1.01. The van der Waals surface area contributed by atoms with Crippen LogP contribution < -0.4 is 5.32 Å². The van der Waals surface area contributed by atoms with Gasteiger partial charge in [-0.25, -0.2) is 17.2 Å². The molecule has 0 aliphatic heterocycles. The third-order valence-electron chi connectivity index (χ3n) is 4.40. The van der Waals surface area contributed by atoms with Crippen LogP contribution in [0, 0.1) is 5.92 Å². The van der Waals surface area contributed by atoms with Crippen molar-refractivity contribution in [2.75, 3.05) is 12.8 Å². The van der Waals surface area contributed by atoms with Gasteiger partial charge in [0.15, 0.2) is 9.84 Å². The third-order valence-corrected chi connectivity index (χ3v) is 6.08. The predicted octanol–water partition coefficient (Wildman–Crippen LogP) is 2.83. The first-order valence-electron chi connectivity index (χ1n) is 7.17. The molecule has 3 nitrogen and oxygen atoms in total. The molecular weight excluding hydrogens is 296 g/mol. The van der Waals surface area contributed by atoms with E-state index in [4.69, 9.17) is 0 Å². The normalized spacial score (nSPS) is 25.9. The fourth-order valence-electron chi connectivity index (χ4n) is 3.18. The van der Waals surface area contributed by atoms with E-state index in [1.54, 1.807) is 12.1 Å². The Morgan fingerprint density at radius 2 is 1.90 bits per heavy atom. The lowest BCUT2D eigenvalue weighted by atomic mass is 9.65. The van der Waals surface area contributed by atoms with Gasteiger partial charge in [0.2, 0.25) is 0 Å². The zero-order valence-corrected chi connectivity index (χ0v) is 13.0. The van der Waals surface area contributed by atoms with E-state index in [9.17, 15) is 17.2 Å². The second-order valence-corrected chi connectivity index (χ2v) is 7.59. The smallest absolute Gasteiger partial charge is 0.252 e. The van der Waals surface area contributed by atoms with E-state index in [-0.39, 0.29) is 4.90 Å². The number of benzene rings is 1. The van der Waals surface area contributed by atoms with E-state index >= 15 is 0 Å². The largest absolute Gasteiger partial charge is 0.317 e. The summed E-state index contributed by atoms with van der Waals surface area (Å²) in [5.74, 6) is -0.160. The SMILES string of the molecule is CCC1C(NC)CC1c1ccc(S(=O)(=O)CC(F)F)cc1. The van der Waals surface area contributed by atoms with Gasteiger partial charge in [0, 0.05) is 6.04 Å². The first-order valence-corrected chi connectivity index (χ1v) is 8.82. The minimum atomic E-state index is -3.89. The number of hydrogen-bond donors (Lipinski definition) is 1. The third kappa shape index (κ3) is 3.43. The molecule has 1 aliphatic carbocycles. The quantitative estimate of drug-likeness (QED) is 0.877. The van der Waals surface area contributed by atoms with E-state index in [1.807, 2.05) is 7.05 Å². The molecule has 118 valence electrons. The molecule has 0 heterocycles. The standard InChI is InChI=1S/C15H21F2NO2S/c1-3-12-13(8-14(12)18-2)10-4-6-11(7-5-10)21(19,20)9-15(16)17/h4-7,12-15,18H,3,8-9H2,1-2H3. The Balaban J connectivity index is 2.13. The van der Waals surface area contributed by atoms with E-state index < -0.39 is 22.0 Å². The van der Waals surface area contributed by atoms with Crippen molar-refractivity contribution in [2.24, 2.45) is 5.92 Å². The van der Waals surface area contributed by atoms with Crippen LogP contribution in [-0.4, -0.2) is 33.7 Å². The molecule has 0 bridgehead atoms. The van der Waals surface area contributed by atoms with Crippen molar-refractivity contribution in [3.8, 4) is 0 Å². The Morgan fingerprint density at radius 3 is 2.38 bits per heavy atom. The molecule has 1 aromatic rings. The molecule has 21 heavy (non-hydrogen) atoms. The average molecular weight is 317 g/mol. The number of hydrogen-bond acceptors (Lipinski definition) is 3. The summed E-state index contributed by atoms with van der Waals surface area (Å²) in [6.07, 6.45) is -0.762. The molecule has 3 atom stereocenters. The van der Waals surface area contributed by atoms with Gasteiger partial charge in [0.25, 0.3) is 6.43 Å². The topological polar surface area (TPSA) is 46.2 Å². The lowest BCUT2D eigenvalue weighted by Gasteiger charge is -2.45. The molecule has 0 amide bonds. The Morgan fingerprint density at radius 1 is 1.29 bits per heavy atom. The van der Waals surface area contributed by atoms with Gasteiger partial charge < -0.3 is 5.32 Å². The summed E-state index contributed by atoms with van der Waals surface area (Å²) in [4.78, 5) is -0.0240. The number of alkyl halides is 2. The maximum absolute atomic E-state index is 12.3. The first kappa shape index (κ1) is 16.4. The van der Waals surface area contributed by atoms with E-state index in [0.717, 1.165) is 18.4 Å². The highest BCUT2D eigenvalue weighted by Crippen LogP contribution is 2.44. The van der Waals surface area contributed by atoms with Gasteiger partial charge in [-0.15, -0.1) is 0 Å². The molecule has 1 fully saturated rings. The molecule has 6 heteroatoms. The molecule has 0 saturated heterocycles. The Bertz CT molecular complexity index is 572. The Kier molecular flexibility index (Phi) is 4.99. The minimum Gasteiger partial charge on any atom is -0.317 e. The van der Waals surface area contributed by atoms with Crippen LogP contribution in [0.5, 0.6) is 0 Å². The fraction of sp³-hybridized carbons (Fsp3) is 0.600. The molecule has 0 radical (unpaired) electrons. The molecule has 1 saturated carbocycles. The molecule has 1 aromatic carbocycles. The van der Waals surface area contributed by atoms with Crippen molar-refractivity contribution in [1.82, 2.24) is 5.32 Å². The summed E-state index contributed by atoms with van der Waals surface area (Å²) in [6.45, 7) is 2.14. The lowest BCUT2D eigenvalue weighted by molar-refractivity contribution is 0.169. The molecule has 0 spiro atoms. The van der Waals surface area contributed by atoms with Crippen molar-refractivity contribution in [2.45, 2.75) is 43.0 Å². The first-order chi connectivity index (χ1) is 9.89. The van der Waals surface area contributed by atoms with E-state index in [1.165, 1.54) is 12.1 Å². The van der Waals surface area contributed by atoms with Crippen molar-refractivity contribution in [1.29, 1.82) is 0 Å². The average Bonchev–Trinajstić information content (AvgIpc) is 2.38. The van der Waals surface area contributed by atoms with Crippen LogP contribution in [0.2, 0.25) is 0 Å². The van der Waals surface area contributed by atoms with Crippen LogP contribution in [0.3, 0.4) is 0 Å². The van der Waals surface area contributed by atoms with Gasteiger partial charge in [-0.3, -0.25) is 0 Å². The van der Waals surface area contributed by atoms with Gasteiger partial charge >= 0.3 is 0 Å². The molecule has 1 N–H and O–H groups in total. The summed E-state index contributed by atoms with van der Waals surface area (Å²) in [6, 6.07) is 6.93. The fourth-order valence-corrected chi connectivity index (χ4v) is 4.25. The molecule has 0 aromatic heterocycles. The minimum absolute atomic E-state index is 0.0240. The van der Waals surface area contributed by atoms with Crippen LogP contribution in [0.15, 0.2) is 29.2 Å². The number of nitrogens with one attached hydrogen (secondary N) is 1. The highest BCUT2D eigenvalue weighted by atomic mass is 32.2. The highest BCUT2D eigenvalue weighted by molar-refractivity contribution is 7.91. The van der Waals surface area contributed by atoms with Crippen molar-refractivity contribution >= 4 is 9.84 Å². The zero-order chi connectivity index (χ0) is 15.6. The van der Waals surface area contributed by atoms with Crippen LogP contribution in [-0.2, 0) is 9.84 Å². The summed E-state index contributed by atoms with van der Waals surface area (Å²) >= 11 is 0. The van der Waals surface area contributed by atoms with Crippen molar-refractivity contribution in [3.63, 3.8) is 0 Å². The summed E-state index contributed by atoms with van der Waals surface area (Å²) in [5.41, 5.74) is 1.09. The maximum atomic E-state index is 12.3. The molecule has 1 aliphatic rings. The number of halogens is 2. The van der Waals surface area contributed by atoms with Crippen LogP contribution in [0.25, 0.3) is 0 Å². The number of sulfone groups is 1. The van der Waals surface area contributed by atoms with E-state index in [0.29, 0.717) is 17.9 Å². The van der Waals surface area contributed by atoms with Gasteiger partial charge in [-0.2, -0.15) is 0 Å². The molecule has 3 unspecified atom stereocenters. The highest BCUT2D eigenvalue weighted by Gasteiger charge is 2.39. The lowest BCUT2D eigenvalue weighted by Crippen LogP contribution is -2.47. The monoisotopic (exact) mass is 317 g/mol. The molecular formula is C15H21F2NO2S.